The van der Waals surface area contributed by atoms with Crippen molar-refractivity contribution in [3.63, 3.8) is 0 Å². The van der Waals surface area contributed by atoms with Gasteiger partial charge in [0.1, 0.15) is 0 Å². The van der Waals surface area contributed by atoms with Gasteiger partial charge < -0.3 is 10.2 Å². The highest BCUT2D eigenvalue weighted by Crippen LogP contribution is 2.40. The first-order valence-electron chi connectivity index (χ1n) is 7.44. The van der Waals surface area contributed by atoms with Crippen LogP contribution in [0.25, 0.3) is 0 Å². The summed E-state index contributed by atoms with van der Waals surface area (Å²) in [6.07, 6.45) is 2.38. The zero-order valence-electron chi connectivity index (χ0n) is 12.4. The molecule has 2 atom stereocenters. The lowest BCUT2D eigenvalue weighted by Crippen LogP contribution is -2.44. The van der Waals surface area contributed by atoms with Crippen molar-refractivity contribution in [2.45, 2.75) is 23.7 Å². The van der Waals surface area contributed by atoms with E-state index in [9.17, 15) is 4.79 Å². The Hall–Kier alpha value is -0.710. The number of fused-ring (bicyclic) bond motifs is 1. The van der Waals surface area contributed by atoms with Crippen LogP contribution in [0.1, 0.15) is 24.3 Å². The van der Waals surface area contributed by atoms with Gasteiger partial charge in [-0.2, -0.15) is 0 Å². The molecule has 0 aliphatic carbocycles. The molecule has 2 aliphatic rings. The standard InChI is InChI=1S/C16H22N2OS.ClH/c1-17-9-12-5-4-8-18(10-12)16(19)14-11-20-15-7-3-2-6-13(14)15;/h2-3,6-7,12,14,17H,4-5,8-11H2,1H3;1H. The van der Waals surface area contributed by atoms with E-state index in [-0.39, 0.29) is 18.3 Å². The highest BCUT2D eigenvalue weighted by Gasteiger charge is 2.33. The van der Waals surface area contributed by atoms with Crippen LogP contribution < -0.4 is 5.32 Å². The first kappa shape index (κ1) is 16.7. The Morgan fingerprint density at radius 1 is 1.43 bits per heavy atom. The number of benzene rings is 1. The molecule has 1 aromatic rings. The zero-order chi connectivity index (χ0) is 13.9. The third kappa shape index (κ3) is 3.55. The average molecular weight is 327 g/mol. The van der Waals surface area contributed by atoms with Crippen molar-refractivity contribution in [1.29, 1.82) is 0 Å². The van der Waals surface area contributed by atoms with Gasteiger partial charge in [-0.15, -0.1) is 24.2 Å². The summed E-state index contributed by atoms with van der Waals surface area (Å²) in [5, 5.41) is 3.24. The number of piperidine rings is 1. The summed E-state index contributed by atoms with van der Waals surface area (Å²) in [4.78, 5) is 16.2. The molecule has 2 aliphatic heterocycles. The second-order valence-electron chi connectivity index (χ2n) is 5.75. The smallest absolute Gasteiger partial charge is 0.231 e. The van der Waals surface area contributed by atoms with Crippen LogP contribution in [0.5, 0.6) is 0 Å². The van der Waals surface area contributed by atoms with Gasteiger partial charge in [-0.05, 0) is 44.0 Å². The Balaban J connectivity index is 0.00000161. The van der Waals surface area contributed by atoms with Gasteiger partial charge in [-0.1, -0.05) is 18.2 Å². The fourth-order valence-corrected chi connectivity index (χ4v) is 4.53. The highest BCUT2D eigenvalue weighted by molar-refractivity contribution is 7.99. The summed E-state index contributed by atoms with van der Waals surface area (Å²) in [7, 11) is 1.99. The third-order valence-corrected chi connectivity index (χ3v) is 5.50. The fourth-order valence-electron chi connectivity index (χ4n) is 3.31. The highest BCUT2D eigenvalue weighted by atomic mass is 35.5. The molecule has 21 heavy (non-hydrogen) atoms. The zero-order valence-corrected chi connectivity index (χ0v) is 14.0. The number of nitrogens with zero attached hydrogens (tertiary/aromatic N) is 1. The van der Waals surface area contributed by atoms with Crippen molar-refractivity contribution in [3.05, 3.63) is 29.8 Å². The second kappa shape index (κ2) is 7.52. The van der Waals surface area contributed by atoms with Crippen LogP contribution in [0.4, 0.5) is 0 Å². The van der Waals surface area contributed by atoms with E-state index in [1.165, 1.54) is 16.9 Å². The van der Waals surface area contributed by atoms with E-state index in [2.05, 4.69) is 28.4 Å². The summed E-state index contributed by atoms with van der Waals surface area (Å²) in [6.45, 7) is 2.87. The lowest BCUT2D eigenvalue weighted by Gasteiger charge is -2.34. The van der Waals surface area contributed by atoms with E-state index < -0.39 is 0 Å². The van der Waals surface area contributed by atoms with Crippen molar-refractivity contribution >= 4 is 30.1 Å². The van der Waals surface area contributed by atoms with Gasteiger partial charge >= 0.3 is 0 Å². The SMILES string of the molecule is CNCC1CCCN(C(=O)C2CSc3ccccc32)C1.Cl. The van der Waals surface area contributed by atoms with Gasteiger partial charge in [0.25, 0.3) is 0 Å². The molecule has 1 N–H and O–H groups in total. The van der Waals surface area contributed by atoms with Crippen molar-refractivity contribution in [2.24, 2.45) is 5.92 Å². The van der Waals surface area contributed by atoms with Gasteiger partial charge in [0.05, 0.1) is 5.92 Å². The van der Waals surface area contributed by atoms with Crippen LogP contribution in [-0.2, 0) is 4.79 Å². The molecule has 1 saturated heterocycles. The lowest BCUT2D eigenvalue weighted by molar-refractivity contribution is -0.134. The Bertz CT molecular complexity index is 495. The average Bonchev–Trinajstić information content (AvgIpc) is 2.91. The molecular formula is C16H23ClN2OS. The molecule has 1 amide bonds. The minimum Gasteiger partial charge on any atom is -0.342 e. The van der Waals surface area contributed by atoms with Crippen LogP contribution >= 0.6 is 24.2 Å². The molecule has 3 rings (SSSR count). The monoisotopic (exact) mass is 326 g/mol. The van der Waals surface area contributed by atoms with Crippen molar-refractivity contribution < 1.29 is 4.79 Å². The number of likely N-dealkylation sites (tertiary alicyclic amines) is 1. The second-order valence-corrected chi connectivity index (χ2v) is 6.81. The first-order valence-corrected chi connectivity index (χ1v) is 8.43. The van der Waals surface area contributed by atoms with E-state index in [1.54, 1.807) is 0 Å². The van der Waals surface area contributed by atoms with Crippen molar-refractivity contribution in [3.8, 4) is 0 Å². The molecule has 5 heteroatoms. The van der Waals surface area contributed by atoms with Crippen molar-refractivity contribution in [2.75, 3.05) is 32.4 Å². The largest absolute Gasteiger partial charge is 0.342 e. The summed E-state index contributed by atoms with van der Waals surface area (Å²) < 4.78 is 0. The molecule has 2 unspecified atom stereocenters. The molecule has 0 aromatic heterocycles. The number of nitrogens with one attached hydrogen (secondary N) is 1. The van der Waals surface area contributed by atoms with Crippen molar-refractivity contribution in [1.82, 2.24) is 10.2 Å². The minimum absolute atomic E-state index is 0. The van der Waals surface area contributed by atoms with E-state index in [0.29, 0.717) is 11.8 Å². The normalized spacial score (nSPS) is 24.3. The summed E-state index contributed by atoms with van der Waals surface area (Å²) in [6, 6.07) is 8.35. The topological polar surface area (TPSA) is 32.3 Å². The molecule has 0 saturated carbocycles. The molecule has 116 valence electrons. The molecular weight excluding hydrogens is 304 g/mol. The lowest BCUT2D eigenvalue weighted by atomic mass is 9.94. The number of hydrogen-bond donors (Lipinski definition) is 1. The Labute approximate surface area is 137 Å². The Morgan fingerprint density at radius 2 is 2.24 bits per heavy atom. The van der Waals surface area contributed by atoms with Gasteiger partial charge in [-0.3, -0.25) is 4.79 Å². The maximum Gasteiger partial charge on any atom is 0.231 e. The van der Waals surface area contributed by atoms with E-state index in [4.69, 9.17) is 0 Å². The maximum absolute atomic E-state index is 12.8. The third-order valence-electron chi connectivity index (χ3n) is 4.32. The molecule has 0 radical (unpaired) electrons. The predicted molar refractivity (Wildman–Crippen MR) is 90.4 cm³/mol. The van der Waals surface area contributed by atoms with Crippen LogP contribution in [0, 0.1) is 5.92 Å². The predicted octanol–water partition coefficient (Wildman–Crippen LogP) is 2.76. The Kier molecular flexibility index (Phi) is 5.97. The number of carbonyl (C=O) groups is 1. The maximum atomic E-state index is 12.8. The number of thioether (sulfide) groups is 1. The first-order chi connectivity index (χ1) is 9.79. The van der Waals surface area contributed by atoms with Gasteiger partial charge in [0, 0.05) is 23.7 Å². The number of halogens is 1. The van der Waals surface area contributed by atoms with Crippen LogP contribution in [0.2, 0.25) is 0 Å². The van der Waals surface area contributed by atoms with Crippen LogP contribution in [0.15, 0.2) is 29.2 Å². The number of rotatable bonds is 3. The van der Waals surface area contributed by atoms with Crippen LogP contribution in [0.3, 0.4) is 0 Å². The minimum atomic E-state index is 0. The number of amides is 1. The molecule has 1 fully saturated rings. The molecule has 2 heterocycles. The summed E-state index contributed by atoms with van der Waals surface area (Å²) >= 11 is 1.82. The molecule has 3 nitrogen and oxygen atoms in total. The summed E-state index contributed by atoms with van der Waals surface area (Å²) in [5.41, 5.74) is 1.23. The molecule has 0 spiro atoms. The van der Waals surface area contributed by atoms with E-state index in [0.717, 1.165) is 31.8 Å². The van der Waals surface area contributed by atoms with E-state index in [1.807, 2.05) is 24.9 Å². The molecule has 0 bridgehead atoms. The number of carbonyl (C=O) groups excluding carboxylic acids is 1. The van der Waals surface area contributed by atoms with Gasteiger partial charge in [0.15, 0.2) is 0 Å². The fraction of sp³-hybridized carbons (Fsp3) is 0.562. The van der Waals surface area contributed by atoms with Gasteiger partial charge in [-0.25, -0.2) is 0 Å². The van der Waals surface area contributed by atoms with Crippen LogP contribution in [-0.4, -0.2) is 43.2 Å². The molecule has 1 aromatic carbocycles. The van der Waals surface area contributed by atoms with Gasteiger partial charge in [0.2, 0.25) is 5.91 Å². The number of hydrogen-bond acceptors (Lipinski definition) is 3. The summed E-state index contributed by atoms with van der Waals surface area (Å²) in [5.74, 6) is 1.93. The Morgan fingerprint density at radius 3 is 3.05 bits per heavy atom. The quantitative estimate of drug-likeness (QED) is 0.927. The van der Waals surface area contributed by atoms with E-state index >= 15 is 0 Å².